The molecule has 8 nitrogen and oxygen atoms in total. The highest BCUT2D eigenvalue weighted by molar-refractivity contribution is 6.16. The second kappa shape index (κ2) is 6.73. The van der Waals surface area contributed by atoms with Gasteiger partial charge in [-0.2, -0.15) is 0 Å². The van der Waals surface area contributed by atoms with Gasteiger partial charge in [-0.3, -0.25) is 0 Å². The van der Waals surface area contributed by atoms with E-state index < -0.39 is 11.9 Å². The maximum Gasteiger partial charge on any atom is 0.367 e. The fourth-order valence-corrected chi connectivity index (χ4v) is 3.02. The van der Waals surface area contributed by atoms with Crippen LogP contribution in [-0.4, -0.2) is 39.2 Å². The molecule has 2 heterocycles. The summed E-state index contributed by atoms with van der Waals surface area (Å²) in [4.78, 5) is 28.7. The van der Waals surface area contributed by atoms with E-state index in [0.717, 1.165) is 0 Å². The molecule has 142 valence electrons. The lowest BCUT2D eigenvalue weighted by molar-refractivity contribution is -0.130. The zero-order valence-corrected chi connectivity index (χ0v) is 15.3. The molecule has 2 aliphatic rings. The zero-order chi connectivity index (χ0) is 19.8. The van der Waals surface area contributed by atoms with Gasteiger partial charge in [-0.1, -0.05) is 18.2 Å². The Morgan fingerprint density at radius 1 is 0.821 bits per heavy atom. The van der Waals surface area contributed by atoms with Gasteiger partial charge in [0, 0.05) is 11.1 Å². The van der Waals surface area contributed by atoms with Gasteiger partial charge < -0.3 is 23.7 Å². The normalized spacial score (nSPS) is 17.6. The molecule has 0 fully saturated rings. The van der Waals surface area contributed by atoms with E-state index in [1.165, 1.54) is 21.3 Å². The first-order valence-corrected chi connectivity index (χ1v) is 8.24. The Labute approximate surface area is 159 Å². The van der Waals surface area contributed by atoms with E-state index in [0.29, 0.717) is 33.9 Å². The Morgan fingerprint density at radius 3 is 2.07 bits per heavy atom. The van der Waals surface area contributed by atoms with Crippen LogP contribution in [0.25, 0.3) is 5.76 Å². The molecule has 0 aliphatic carbocycles. The molecule has 0 N–H and O–H groups in total. The number of carbonyl (C=O) groups is 2. The first kappa shape index (κ1) is 17.6. The van der Waals surface area contributed by atoms with Gasteiger partial charge in [-0.05, 0) is 18.2 Å². The van der Waals surface area contributed by atoms with Crippen molar-refractivity contribution in [3.63, 3.8) is 0 Å². The van der Waals surface area contributed by atoms with Gasteiger partial charge in [0.25, 0.3) is 0 Å². The molecule has 0 radical (unpaired) electrons. The number of cyclic esters (lactones) is 2. The third-order valence-electron chi connectivity index (χ3n) is 4.31. The predicted octanol–water partition coefficient (Wildman–Crippen LogP) is 2.56. The van der Waals surface area contributed by atoms with Crippen LogP contribution >= 0.6 is 0 Å². The number of benzene rings is 2. The Bertz CT molecular complexity index is 1040. The number of carbonyl (C=O) groups excluding carboxylic acids is 2. The lowest BCUT2D eigenvalue weighted by Gasteiger charge is -2.13. The van der Waals surface area contributed by atoms with E-state index in [2.05, 4.69) is 4.99 Å². The number of rotatable bonds is 4. The average Bonchev–Trinajstić information content (AvgIpc) is 3.27. The SMILES string of the molecule is COc1cc(C2=NC(=C3OC(=O)c4ccccc43)C(=O)O2)cc(OC)c1OC. The van der Waals surface area contributed by atoms with Crippen LogP contribution in [0.1, 0.15) is 21.5 Å². The molecule has 0 spiro atoms. The van der Waals surface area contributed by atoms with Crippen molar-refractivity contribution in [3.8, 4) is 17.2 Å². The molecule has 0 saturated carbocycles. The smallest absolute Gasteiger partial charge is 0.367 e. The van der Waals surface area contributed by atoms with E-state index in [1.807, 2.05) is 0 Å². The monoisotopic (exact) mass is 381 g/mol. The summed E-state index contributed by atoms with van der Waals surface area (Å²) >= 11 is 0. The highest BCUT2D eigenvalue weighted by Crippen LogP contribution is 2.40. The summed E-state index contributed by atoms with van der Waals surface area (Å²) in [5.41, 5.74) is 1.22. The van der Waals surface area contributed by atoms with Crippen molar-refractivity contribution in [2.75, 3.05) is 21.3 Å². The molecule has 2 aromatic carbocycles. The first-order valence-electron chi connectivity index (χ1n) is 8.24. The highest BCUT2D eigenvalue weighted by Gasteiger charge is 2.36. The molecular formula is C20H15NO7. The van der Waals surface area contributed by atoms with Gasteiger partial charge in [0.1, 0.15) is 0 Å². The molecule has 0 unspecified atom stereocenters. The average molecular weight is 381 g/mol. The van der Waals surface area contributed by atoms with Crippen LogP contribution in [0.15, 0.2) is 47.1 Å². The Kier molecular flexibility index (Phi) is 4.23. The highest BCUT2D eigenvalue weighted by atomic mass is 16.6. The molecule has 0 atom stereocenters. The summed E-state index contributed by atoms with van der Waals surface area (Å²) in [5.74, 6) is 0.0189. The molecule has 0 saturated heterocycles. The van der Waals surface area contributed by atoms with Crippen molar-refractivity contribution in [1.82, 2.24) is 0 Å². The molecule has 8 heteroatoms. The summed E-state index contributed by atoms with van der Waals surface area (Å²) in [6, 6.07) is 9.97. The molecule has 2 aromatic rings. The summed E-state index contributed by atoms with van der Waals surface area (Å²) in [6.07, 6.45) is 0. The van der Waals surface area contributed by atoms with Gasteiger partial charge in [0.05, 0.1) is 26.9 Å². The van der Waals surface area contributed by atoms with Gasteiger partial charge in [0.15, 0.2) is 23.0 Å². The lowest BCUT2D eigenvalue weighted by atomic mass is 10.1. The summed E-state index contributed by atoms with van der Waals surface area (Å²) in [7, 11) is 4.44. The van der Waals surface area contributed by atoms with Crippen LogP contribution in [0.5, 0.6) is 17.2 Å². The third kappa shape index (κ3) is 2.66. The van der Waals surface area contributed by atoms with Gasteiger partial charge >= 0.3 is 11.9 Å². The van der Waals surface area contributed by atoms with E-state index in [4.69, 9.17) is 23.7 Å². The number of methoxy groups -OCH3 is 3. The summed E-state index contributed by atoms with van der Waals surface area (Å²) in [5, 5.41) is 0. The summed E-state index contributed by atoms with van der Waals surface area (Å²) in [6.45, 7) is 0. The van der Waals surface area contributed by atoms with Crippen molar-refractivity contribution in [1.29, 1.82) is 0 Å². The maximum atomic E-state index is 12.4. The minimum Gasteiger partial charge on any atom is -0.493 e. The number of esters is 2. The van der Waals surface area contributed by atoms with Gasteiger partial charge in [-0.25, -0.2) is 14.6 Å². The second-order valence-electron chi connectivity index (χ2n) is 5.83. The molecule has 28 heavy (non-hydrogen) atoms. The van der Waals surface area contributed by atoms with Gasteiger partial charge in [0.2, 0.25) is 11.6 Å². The number of fused-ring (bicyclic) bond motifs is 1. The van der Waals surface area contributed by atoms with Crippen molar-refractivity contribution >= 4 is 23.6 Å². The number of hydrogen-bond acceptors (Lipinski definition) is 8. The molecule has 0 amide bonds. The largest absolute Gasteiger partial charge is 0.493 e. The predicted molar refractivity (Wildman–Crippen MR) is 97.5 cm³/mol. The minimum absolute atomic E-state index is 0.0344. The van der Waals surface area contributed by atoms with Crippen LogP contribution < -0.4 is 14.2 Å². The van der Waals surface area contributed by atoms with E-state index in [1.54, 1.807) is 36.4 Å². The van der Waals surface area contributed by atoms with Crippen LogP contribution in [0.3, 0.4) is 0 Å². The minimum atomic E-state index is -0.719. The maximum absolute atomic E-state index is 12.4. The lowest BCUT2D eigenvalue weighted by Crippen LogP contribution is -2.07. The number of nitrogens with zero attached hydrogens (tertiary/aromatic N) is 1. The molecule has 0 aromatic heterocycles. The molecular weight excluding hydrogens is 366 g/mol. The summed E-state index contributed by atoms with van der Waals surface area (Å²) < 4.78 is 26.5. The van der Waals surface area contributed by atoms with Crippen LogP contribution in [0.2, 0.25) is 0 Å². The third-order valence-corrected chi connectivity index (χ3v) is 4.31. The van der Waals surface area contributed by atoms with Crippen molar-refractivity contribution < 1.29 is 33.3 Å². The number of aliphatic imine (C=N–C) groups is 1. The Hall–Kier alpha value is -3.81. The first-order chi connectivity index (χ1) is 13.6. The topological polar surface area (TPSA) is 92.7 Å². The van der Waals surface area contributed by atoms with E-state index in [9.17, 15) is 9.59 Å². The molecule has 4 rings (SSSR count). The Morgan fingerprint density at radius 2 is 1.46 bits per heavy atom. The number of hydrogen-bond donors (Lipinski definition) is 0. The van der Waals surface area contributed by atoms with Gasteiger partial charge in [-0.15, -0.1) is 0 Å². The van der Waals surface area contributed by atoms with Crippen molar-refractivity contribution in [3.05, 3.63) is 58.8 Å². The second-order valence-corrected chi connectivity index (χ2v) is 5.83. The number of ether oxygens (including phenoxy) is 5. The standard InChI is InChI=1S/C20H15NO7/c1-24-13-8-10(9-14(25-2)17(13)26-3)18-21-15(20(23)28-18)16-11-6-4-5-7-12(11)19(22)27-16/h4-9H,1-3H3. The fraction of sp³-hybridized carbons (Fsp3) is 0.150. The Balaban J connectivity index is 1.83. The van der Waals surface area contributed by atoms with Crippen LogP contribution in [0.4, 0.5) is 0 Å². The fourth-order valence-electron chi connectivity index (χ4n) is 3.02. The van der Waals surface area contributed by atoms with E-state index >= 15 is 0 Å². The van der Waals surface area contributed by atoms with E-state index in [-0.39, 0.29) is 17.4 Å². The van der Waals surface area contributed by atoms with Crippen molar-refractivity contribution in [2.45, 2.75) is 0 Å². The molecule has 0 bridgehead atoms. The van der Waals surface area contributed by atoms with Crippen molar-refractivity contribution in [2.24, 2.45) is 4.99 Å². The quantitative estimate of drug-likeness (QED) is 0.594. The van der Waals surface area contributed by atoms with Crippen LogP contribution in [-0.2, 0) is 14.3 Å². The zero-order valence-electron chi connectivity index (χ0n) is 15.3. The molecule has 2 aliphatic heterocycles. The van der Waals surface area contributed by atoms with Crippen LogP contribution in [0, 0.1) is 0 Å².